The van der Waals surface area contributed by atoms with Gasteiger partial charge < -0.3 is 0 Å². The van der Waals surface area contributed by atoms with E-state index in [2.05, 4.69) is 16.9 Å². The molecule has 0 bridgehead atoms. The van der Waals surface area contributed by atoms with Crippen LogP contribution in [0.3, 0.4) is 0 Å². The molecule has 4 heteroatoms. The summed E-state index contributed by atoms with van der Waals surface area (Å²) in [6.07, 6.45) is 0.706. The van der Waals surface area contributed by atoms with E-state index in [1.54, 1.807) is 4.68 Å². The molecule has 0 spiro atoms. The minimum Gasteiger partial charge on any atom is -0.296 e. The Balaban J connectivity index is 2.94. The topological polar surface area (TPSA) is 47.8 Å². The number of carbonyl (C=O) groups is 1. The predicted octanol–water partition coefficient (Wildman–Crippen LogP) is 0.975. The number of aromatic nitrogens is 3. The summed E-state index contributed by atoms with van der Waals surface area (Å²) in [7, 11) is 0. The smallest absolute Gasteiger partial charge is 0.172 e. The Morgan fingerprint density at radius 3 is 2.83 bits per heavy atom. The number of carbonyl (C=O) groups excluding carboxylic acids is 1. The molecule has 12 heavy (non-hydrogen) atoms. The second kappa shape index (κ2) is 3.30. The molecule has 0 unspecified atom stereocenters. The van der Waals surface area contributed by atoms with Gasteiger partial charge in [0.2, 0.25) is 0 Å². The van der Waals surface area contributed by atoms with Gasteiger partial charge in [-0.2, -0.15) is 0 Å². The van der Waals surface area contributed by atoms with Crippen LogP contribution in [0.1, 0.15) is 23.1 Å². The van der Waals surface area contributed by atoms with E-state index < -0.39 is 0 Å². The van der Waals surface area contributed by atoms with Gasteiger partial charge in [0.25, 0.3) is 0 Å². The fourth-order valence-electron chi connectivity index (χ4n) is 0.889. The Kier molecular flexibility index (Phi) is 2.38. The number of hydrogen-bond acceptors (Lipinski definition) is 3. The summed E-state index contributed by atoms with van der Waals surface area (Å²) in [5.41, 5.74) is 2.17. The van der Waals surface area contributed by atoms with E-state index in [0.29, 0.717) is 18.5 Å². The van der Waals surface area contributed by atoms with Gasteiger partial charge in [-0.25, -0.2) is 4.68 Å². The fraction of sp³-hybridized carbons (Fsp3) is 0.375. The molecule has 0 saturated heterocycles. The molecular formula is C8H11N3O. The lowest BCUT2D eigenvalue weighted by Gasteiger charge is -2.00. The van der Waals surface area contributed by atoms with Crippen LogP contribution < -0.4 is 0 Å². The summed E-state index contributed by atoms with van der Waals surface area (Å²) >= 11 is 0. The molecule has 0 amide bonds. The van der Waals surface area contributed by atoms with Crippen LogP contribution in [0.4, 0.5) is 0 Å². The van der Waals surface area contributed by atoms with Crippen LogP contribution in [0.2, 0.25) is 0 Å². The molecule has 64 valence electrons. The van der Waals surface area contributed by atoms with Gasteiger partial charge in [-0.3, -0.25) is 4.79 Å². The van der Waals surface area contributed by atoms with Crippen LogP contribution in [0, 0.1) is 6.92 Å². The van der Waals surface area contributed by atoms with Crippen molar-refractivity contribution in [3.8, 4) is 0 Å². The van der Waals surface area contributed by atoms with E-state index in [1.807, 2.05) is 13.8 Å². The van der Waals surface area contributed by atoms with E-state index >= 15 is 0 Å². The van der Waals surface area contributed by atoms with Crippen LogP contribution in [-0.2, 0) is 6.54 Å². The van der Waals surface area contributed by atoms with Crippen LogP contribution in [-0.4, -0.2) is 21.3 Å². The van der Waals surface area contributed by atoms with E-state index in [4.69, 9.17) is 0 Å². The largest absolute Gasteiger partial charge is 0.296 e. The highest BCUT2D eigenvalue weighted by Crippen LogP contribution is 2.02. The van der Waals surface area contributed by atoms with Gasteiger partial charge >= 0.3 is 0 Å². The first kappa shape index (κ1) is 8.64. The van der Waals surface area contributed by atoms with Gasteiger partial charge in [0.1, 0.15) is 5.69 Å². The van der Waals surface area contributed by atoms with Crippen molar-refractivity contribution in [1.82, 2.24) is 15.0 Å². The second-order valence-electron chi connectivity index (χ2n) is 2.79. The van der Waals surface area contributed by atoms with Gasteiger partial charge in [0.15, 0.2) is 6.29 Å². The number of allylic oxidation sites excluding steroid dienone is 1. The second-order valence-corrected chi connectivity index (χ2v) is 2.79. The van der Waals surface area contributed by atoms with E-state index in [1.165, 1.54) is 0 Å². The molecule has 0 aliphatic carbocycles. The summed E-state index contributed by atoms with van der Waals surface area (Å²) in [6.45, 7) is 8.08. The zero-order valence-corrected chi connectivity index (χ0v) is 7.24. The number of nitrogens with zero attached hydrogens (tertiary/aromatic N) is 3. The van der Waals surface area contributed by atoms with Crippen molar-refractivity contribution in [3.05, 3.63) is 23.5 Å². The summed E-state index contributed by atoms with van der Waals surface area (Å²) in [5, 5.41) is 7.49. The lowest BCUT2D eigenvalue weighted by atomic mass is 10.3. The van der Waals surface area contributed by atoms with Crippen molar-refractivity contribution in [1.29, 1.82) is 0 Å². The number of rotatable bonds is 3. The third-order valence-electron chi connectivity index (χ3n) is 1.55. The zero-order valence-electron chi connectivity index (χ0n) is 7.24. The maximum atomic E-state index is 10.4. The minimum absolute atomic E-state index is 0.399. The molecule has 0 fully saturated rings. The standard InChI is InChI=1S/C8H11N3O/c1-6(2)4-11-7(3)8(5-12)9-10-11/h5H,1,4H2,2-3H3. The SMILES string of the molecule is C=C(C)Cn1nnc(C=O)c1C. The van der Waals surface area contributed by atoms with Crippen molar-refractivity contribution in [2.75, 3.05) is 0 Å². The minimum atomic E-state index is 0.399. The molecule has 0 radical (unpaired) electrons. The molecule has 0 aliphatic heterocycles. The van der Waals surface area contributed by atoms with Gasteiger partial charge in [-0.05, 0) is 13.8 Å². The van der Waals surface area contributed by atoms with Crippen LogP contribution in [0.25, 0.3) is 0 Å². The first-order valence-corrected chi connectivity index (χ1v) is 3.64. The van der Waals surface area contributed by atoms with E-state index in [0.717, 1.165) is 11.3 Å². The zero-order chi connectivity index (χ0) is 9.14. The lowest BCUT2D eigenvalue weighted by molar-refractivity contribution is 0.111. The normalized spacial score (nSPS) is 9.83. The third-order valence-corrected chi connectivity index (χ3v) is 1.55. The van der Waals surface area contributed by atoms with Crippen molar-refractivity contribution in [2.24, 2.45) is 0 Å². The van der Waals surface area contributed by atoms with Crippen molar-refractivity contribution in [2.45, 2.75) is 20.4 Å². The quantitative estimate of drug-likeness (QED) is 0.495. The van der Waals surface area contributed by atoms with Crippen molar-refractivity contribution < 1.29 is 4.79 Å². The van der Waals surface area contributed by atoms with Crippen LogP contribution in [0.5, 0.6) is 0 Å². The van der Waals surface area contributed by atoms with E-state index in [-0.39, 0.29) is 0 Å². The summed E-state index contributed by atoms with van der Waals surface area (Å²) in [6, 6.07) is 0. The molecule has 1 aromatic rings. The van der Waals surface area contributed by atoms with Crippen molar-refractivity contribution >= 4 is 6.29 Å². The van der Waals surface area contributed by atoms with Gasteiger partial charge in [0, 0.05) is 0 Å². The van der Waals surface area contributed by atoms with Crippen LogP contribution in [0.15, 0.2) is 12.2 Å². The highest BCUT2D eigenvalue weighted by molar-refractivity contribution is 5.72. The monoisotopic (exact) mass is 165 g/mol. The Bertz CT molecular complexity index is 314. The highest BCUT2D eigenvalue weighted by atomic mass is 16.1. The van der Waals surface area contributed by atoms with Gasteiger partial charge in [-0.1, -0.05) is 17.4 Å². The first-order valence-electron chi connectivity index (χ1n) is 3.64. The van der Waals surface area contributed by atoms with Gasteiger partial charge in [0.05, 0.1) is 12.2 Å². The predicted molar refractivity (Wildman–Crippen MR) is 45.0 cm³/mol. The fourth-order valence-corrected chi connectivity index (χ4v) is 0.889. The molecule has 4 nitrogen and oxygen atoms in total. The maximum absolute atomic E-state index is 10.4. The average Bonchev–Trinajstić information content (AvgIpc) is 2.32. The number of aldehydes is 1. The summed E-state index contributed by atoms with van der Waals surface area (Å²) in [5.74, 6) is 0. The van der Waals surface area contributed by atoms with Crippen LogP contribution >= 0.6 is 0 Å². The summed E-state index contributed by atoms with van der Waals surface area (Å²) < 4.78 is 1.66. The maximum Gasteiger partial charge on any atom is 0.172 e. The number of hydrogen-bond donors (Lipinski definition) is 0. The third kappa shape index (κ3) is 1.58. The molecule has 0 N–H and O–H groups in total. The molecule has 0 atom stereocenters. The first-order chi connectivity index (χ1) is 5.65. The Morgan fingerprint density at radius 1 is 1.75 bits per heavy atom. The Labute approximate surface area is 70.9 Å². The Hall–Kier alpha value is -1.45. The molecular weight excluding hydrogens is 154 g/mol. The lowest BCUT2D eigenvalue weighted by Crippen LogP contribution is -2.03. The molecule has 0 saturated carbocycles. The average molecular weight is 165 g/mol. The van der Waals surface area contributed by atoms with Gasteiger partial charge in [-0.15, -0.1) is 5.10 Å². The van der Waals surface area contributed by atoms with E-state index in [9.17, 15) is 4.79 Å². The Morgan fingerprint density at radius 2 is 2.42 bits per heavy atom. The molecule has 0 aromatic carbocycles. The highest BCUT2D eigenvalue weighted by Gasteiger charge is 2.05. The molecule has 0 aliphatic rings. The van der Waals surface area contributed by atoms with Crippen molar-refractivity contribution in [3.63, 3.8) is 0 Å². The molecule has 1 aromatic heterocycles. The molecule has 1 heterocycles. The molecule has 1 rings (SSSR count). The summed E-state index contributed by atoms with van der Waals surface area (Å²) in [4.78, 5) is 10.4.